The molecule has 5 heteroatoms. The number of aryl methyl sites for hydroxylation is 1. The Kier molecular flexibility index (Phi) is 6.16. The van der Waals surface area contributed by atoms with Gasteiger partial charge in [0.25, 0.3) is 0 Å². The van der Waals surface area contributed by atoms with Crippen molar-refractivity contribution in [2.45, 2.75) is 52.7 Å². The Morgan fingerprint density at radius 2 is 1.86 bits per heavy atom. The highest BCUT2D eigenvalue weighted by Gasteiger charge is 2.37. The van der Waals surface area contributed by atoms with Gasteiger partial charge in [0.2, 0.25) is 5.91 Å². The lowest BCUT2D eigenvalue weighted by Gasteiger charge is -2.35. The highest BCUT2D eigenvalue weighted by molar-refractivity contribution is 5.96. The van der Waals surface area contributed by atoms with Gasteiger partial charge in [0.05, 0.1) is 18.2 Å². The van der Waals surface area contributed by atoms with Gasteiger partial charge >= 0.3 is 5.97 Å². The molecule has 1 atom stereocenters. The van der Waals surface area contributed by atoms with Gasteiger partial charge in [-0.1, -0.05) is 42.0 Å². The standard InChI is InChI=1S/C24H26FNO3/c1-15(2)29-24(28)23-17(4)26(14-18-10-8-16(3)9-11-18)22(27)13-21(23)19-6-5-7-20(25)12-19/h5-12,15,21H,13-14H2,1-4H3. The molecule has 1 heterocycles. The number of allylic oxidation sites excluding steroid dienone is 1. The molecule has 0 aliphatic carbocycles. The van der Waals surface area contributed by atoms with Gasteiger partial charge in [0.1, 0.15) is 5.82 Å². The smallest absolute Gasteiger partial charge is 0.336 e. The van der Waals surface area contributed by atoms with E-state index in [0.717, 1.165) is 11.1 Å². The zero-order valence-electron chi connectivity index (χ0n) is 17.2. The van der Waals surface area contributed by atoms with E-state index >= 15 is 0 Å². The fraction of sp³-hybridized carbons (Fsp3) is 0.333. The number of hydrogen-bond acceptors (Lipinski definition) is 3. The van der Waals surface area contributed by atoms with Crippen molar-refractivity contribution in [3.63, 3.8) is 0 Å². The average Bonchev–Trinajstić information content (AvgIpc) is 2.65. The molecular formula is C24H26FNO3. The Hall–Kier alpha value is -2.95. The number of halogens is 1. The summed E-state index contributed by atoms with van der Waals surface area (Å²) in [5.74, 6) is -1.49. The Labute approximate surface area is 171 Å². The van der Waals surface area contributed by atoms with E-state index in [-0.39, 0.29) is 18.4 Å². The second-order valence-electron chi connectivity index (χ2n) is 7.73. The number of amides is 1. The summed E-state index contributed by atoms with van der Waals surface area (Å²) in [7, 11) is 0. The van der Waals surface area contributed by atoms with Gasteiger partial charge in [-0.15, -0.1) is 0 Å². The lowest BCUT2D eigenvalue weighted by molar-refractivity contribution is -0.143. The van der Waals surface area contributed by atoms with Gasteiger partial charge in [-0.3, -0.25) is 4.79 Å². The molecule has 1 aliphatic heterocycles. The molecule has 0 spiro atoms. The number of nitrogens with zero attached hydrogens (tertiary/aromatic N) is 1. The molecule has 1 aliphatic rings. The van der Waals surface area contributed by atoms with E-state index in [1.807, 2.05) is 31.2 Å². The van der Waals surface area contributed by atoms with Crippen LogP contribution in [0.4, 0.5) is 4.39 Å². The lowest BCUT2D eigenvalue weighted by Crippen LogP contribution is -2.38. The van der Waals surface area contributed by atoms with Crippen LogP contribution in [0.15, 0.2) is 59.8 Å². The van der Waals surface area contributed by atoms with Crippen LogP contribution < -0.4 is 0 Å². The summed E-state index contributed by atoms with van der Waals surface area (Å²) in [4.78, 5) is 27.5. The van der Waals surface area contributed by atoms with Crippen LogP contribution in [0.25, 0.3) is 0 Å². The van der Waals surface area contributed by atoms with Crippen LogP contribution >= 0.6 is 0 Å². The third kappa shape index (κ3) is 4.73. The molecule has 0 saturated carbocycles. The first kappa shape index (κ1) is 20.8. The number of ether oxygens (including phenoxy) is 1. The fourth-order valence-corrected chi connectivity index (χ4v) is 3.63. The van der Waals surface area contributed by atoms with Crippen molar-refractivity contribution >= 4 is 11.9 Å². The minimum atomic E-state index is -0.529. The first-order valence-corrected chi connectivity index (χ1v) is 9.79. The van der Waals surface area contributed by atoms with Gasteiger partial charge in [-0.05, 0) is 51.0 Å². The molecule has 0 aromatic heterocycles. The van der Waals surface area contributed by atoms with E-state index in [1.54, 1.807) is 37.8 Å². The molecule has 0 radical (unpaired) electrons. The minimum absolute atomic E-state index is 0.0924. The molecule has 1 unspecified atom stereocenters. The van der Waals surface area contributed by atoms with Crippen molar-refractivity contribution in [1.82, 2.24) is 4.90 Å². The van der Waals surface area contributed by atoms with Crippen LogP contribution in [0.3, 0.4) is 0 Å². The lowest BCUT2D eigenvalue weighted by atomic mass is 9.83. The molecule has 0 bridgehead atoms. The molecule has 2 aromatic carbocycles. The Balaban J connectivity index is 2.03. The normalized spacial score (nSPS) is 17.1. The Bertz CT molecular complexity index is 947. The molecule has 0 saturated heterocycles. The zero-order valence-corrected chi connectivity index (χ0v) is 17.2. The summed E-state index contributed by atoms with van der Waals surface area (Å²) in [5.41, 5.74) is 3.68. The molecule has 29 heavy (non-hydrogen) atoms. The zero-order chi connectivity index (χ0) is 21.1. The summed E-state index contributed by atoms with van der Waals surface area (Å²) >= 11 is 0. The first-order valence-electron chi connectivity index (χ1n) is 9.79. The maximum atomic E-state index is 13.8. The molecule has 1 amide bonds. The fourth-order valence-electron chi connectivity index (χ4n) is 3.63. The predicted molar refractivity (Wildman–Crippen MR) is 109 cm³/mol. The summed E-state index contributed by atoms with van der Waals surface area (Å²) < 4.78 is 19.3. The minimum Gasteiger partial charge on any atom is -0.460 e. The van der Waals surface area contributed by atoms with Crippen molar-refractivity contribution in [2.24, 2.45) is 0 Å². The number of benzene rings is 2. The van der Waals surface area contributed by atoms with Crippen LogP contribution in [0.5, 0.6) is 0 Å². The molecule has 152 valence electrons. The molecular weight excluding hydrogens is 369 g/mol. The second kappa shape index (κ2) is 8.60. The van der Waals surface area contributed by atoms with Crippen molar-refractivity contribution in [2.75, 3.05) is 0 Å². The quantitative estimate of drug-likeness (QED) is 0.678. The summed E-state index contributed by atoms with van der Waals surface area (Å²) in [6.45, 7) is 7.70. The highest BCUT2D eigenvalue weighted by atomic mass is 19.1. The number of hydrogen-bond donors (Lipinski definition) is 0. The summed E-state index contributed by atoms with van der Waals surface area (Å²) in [6, 6.07) is 14.0. The SMILES string of the molecule is CC1=C(C(=O)OC(C)C)C(c2cccc(F)c2)CC(=O)N1Cc1ccc(C)cc1. The highest BCUT2D eigenvalue weighted by Crippen LogP contribution is 2.38. The summed E-state index contributed by atoms with van der Waals surface area (Å²) in [6.07, 6.45) is -0.200. The first-order chi connectivity index (χ1) is 13.8. The van der Waals surface area contributed by atoms with Gasteiger partial charge in [-0.2, -0.15) is 0 Å². The summed E-state index contributed by atoms with van der Waals surface area (Å²) in [5, 5.41) is 0. The van der Waals surface area contributed by atoms with Gasteiger partial charge in [-0.25, -0.2) is 9.18 Å². The van der Waals surface area contributed by atoms with Crippen LogP contribution in [-0.4, -0.2) is 22.9 Å². The monoisotopic (exact) mass is 395 g/mol. The van der Waals surface area contributed by atoms with E-state index in [2.05, 4.69) is 0 Å². The van der Waals surface area contributed by atoms with Crippen molar-refractivity contribution in [3.8, 4) is 0 Å². The predicted octanol–water partition coefficient (Wildman–Crippen LogP) is 4.88. The number of esters is 1. The van der Waals surface area contributed by atoms with Crippen molar-refractivity contribution < 1.29 is 18.7 Å². The number of carbonyl (C=O) groups excluding carboxylic acids is 2. The van der Waals surface area contributed by atoms with Crippen LogP contribution in [0.1, 0.15) is 49.8 Å². The van der Waals surface area contributed by atoms with Gasteiger partial charge < -0.3 is 9.64 Å². The van der Waals surface area contributed by atoms with E-state index in [9.17, 15) is 14.0 Å². The molecule has 2 aromatic rings. The van der Waals surface area contributed by atoms with Crippen molar-refractivity contribution in [1.29, 1.82) is 0 Å². The molecule has 0 fully saturated rings. The molecule has 3 rings (SSSR count). The second-order valence-corrected chi connectivity index (χ2v) is 7.73. The van der Waals surface area contributed by atoms with E-state index in [1.165, 1.54) is 12.1 Å². The van der Waals surface area contributed by atoms with E-state index in [4.69, 9.17) is 4.74 Å². The number of rotatable bonds is 5. The van der Waals surface area contributed by atoms with Crippen LogP contribution in [-0.2, 0) is 20.9 Å². The average molecular weight is 395 g/mol. The third-order valence-corrected chi connectivity index (χ3v) is 5.10. The largest absolute Gasteiger partial charge is 0.460 e. The van der Waals surface area contributed by atoms with Crippen LogP contribution in [0.2, 0.25) is 0 Å². The van der Waals surface area contributed by atoms with Crippen molar-refractivity contribution in [3.05, 3.63) is 82.3 Å². The number of carbonyl (C=O) groups is 2. The molecule has 0 N–H and O–H groups in total. The Morgan fingerprint density at radius 1 is 1.17 bits per heavy atom. The van der Waals surface area contributed by atoms with Gasteiger partial charge in [0, 0.05) is 18.0 Å². The third-order valence-electron chi connectivity index (χ3n) is 5.10. The van der Waals surface area contributed by atoms with E-state index in [0.29, 0.717) is 23.4 Å². The molecule has 4 nitrogen and oxygen atoms in total. The maximum Gasteiger partial charge on any atom is 0.336 e. The topological polar surface area (TPSA) is 46.6 Å². The maximum absolute atomic E-state index is 13.8. The van der Waals surface area contributed by atoms with Crippen LogP contribution in [0, 0.1) is 12.7 Å². The van der Waals surface area contributed by atoms with E-state index < -0.39 is 17.7 Å². The van der Waals surface area contributed by atoms with Gasteiger partial charge in [0.15, 0.2) is 0 Å². The Morgan fingerprint density at radius 3 is 2.48 bits per heavy atom.